The minimum absolute atomic E-state index is 0.0167. The van der Waals surface area contributed by atoms with Crippen LogP contribution in [-0.2, 0) is 4.79 Å². The molecular weight excluding hydrogens is 238 g/mol. The average molecular weight is 259 g/mol. The second-order valence-electron chi connectivity index (χ2n) is 4.97. The maximum Gasteiger partial charge on any atom is 0.196 e. The molecule has 4 heteroatoms. The quantitative estimate of drug-likeness (QED) is 0.516. The molecule has 0 amide bonds. The van der Waals surface area contributed by atoms with Crippen molar-refractivity contribution in [1.29, 1.82) is 0 Å². The lowest BCUT2D eigenvalue weighted by molar-refractivity contribution is -0.111. The molecule has 0 saturated carbocycles. The van der Waals surface area contributed by atoms with Crippen LogP contribution in [0.5, 0.6) is 0 Å². The molecule has 0 spiro atoms. The zero-order chi connectivity index (χ0) is 13.7. The highest BCUT2D eigenvalue weighted by Crippen LogP contribution is 2.14. The molecule has 1 aromatic rings. The van der Waals surface area contributed by atoms with E-state index in [1.165, 1.54) is 6.42 Å². The van der Waals surface area contributed by atoms with Crippen LogP contribution in [0.2, 0.25) is 0 Å². The van der Waals surface area contributed by atoms with Crippen LogP contribution in [0.25, 0.3) is 0 Å². The normalized spacial score (nSPS) is 16.3. The molecule has 0 atom stereocenters. The van der Waals surface area contributed by atoms with Crippen LogP contribution < -0.4 is 5.43 Å². The number of piperidine rings is 1. The van der Waals surface area contributed by atoms with Gasteiger partial charge >= 0.3 is 0 Å². The maximum absolute atomic E-state index is 11.7. The van der Waals surface area contributed by atoms with Crippen LogP contribution in [0.3, 0.4) is 0 Å². The van der Waals surface area contributed by atoms with E-state index >= 15 is 0 Å². The summed E-state index contributed by atoms with van der Waals surface area (Å²) in [7, 11) is 0. The average Bonchev–Trinajstić information content (AvgIpc) is 2.42. The highest BCUT2D eigenvalue weighted by atomic mass is 16.1. The van der Waals surface area contributed by atoms with Crippen molar-refractivity contribution in [3.63, 3.8) is 0 Å². The minimum Gasteiger partial charge on any atom is -0.352 e. The van der Waals surface area contributed by atoms with Gasteiger partial charge in [-0.1, -0.05) is 18.2 Å². The molecular formula is C15H21N3O. The van der Waals surface area contributed by atoms with E-state index in [9.17, 15) is 4.79 Å². The summed E-state index contributed by atoms with van der Waals surface area (Å²) >= 11 is 0. The largest absolute Gasteiger partial charge is 0.352 e. The number of benzene rings is 1. The predicted octanol–water partition coefficient (Wildman–Crippen LogP) is 2.80. The van der Waals surface area contributed by atoms with Crippen LogP contribution in [0.1, 0.15) is 31.7 Å². The summed E-state index contributed by atoms with van der Waals surface area (Å²) in [6.45, 7) is 5.45. The number of carbonyl (C=O) groups excluding carboxylic acids is 1. The number of likely N-dealkylation sites (tertiary alicyclic amines) is 1. The van der Waals surface area contributed by atoms with Gasteiger partial charge < -0.3 is 4.90 Å². The summed E-state index contributed by atoms with van der Waals surface area (Å²) in [6.07, 6.45) is 3.51. The Morgan fingerprint density at radius 1 is 1.21 bits per heavy atom. The molecule has 19 heavy (non-hydrogen) atoms. The lowest BCUT2D eigenvalue weighted by atomic mass is 10.1. The Morgan fingerprint density at radius 3 is 2.53 bits per heavy atom. The zero-order valence-corrected chi connectivity index (χ0v) is 11.6. The van der Waals surface area contributed by atoms with Gasteiger partial charge in [0.1, 0.15) is 0 Å². The number of hydrogen-bond acceptors (Lipinski definition) is 3. The molecule has 1 saturated heterocycles. The molecule has 1 aliphatic heterocycles. The Bertz CT molecular complexity index is 476. The van der Waals surface area contributed by atoms with Crippen molar-refractivity contribution in [3.8, 4) is 0 Å². The molecule has 0 aromatic heterocycles. The van der Waals surface area contributed by atoms with Crippen LogP contribution in [0, 0.1) is 6.92 Å². The number of nitrogens with zero attached hydrogens (tertiary/aromatic N) is 2. The molecule has 102 valence electrons. The van der Waals surface area contributed by atoms with E-state index in [0.717, 1.165) is 37.2 Å². The number of rotatable bonds is 3. The third kappa shape index (κ3) is 3.56. The van der Waals surface area contributed by atoms with E-state index in [0.29, 0.717) is 5.84 Å². The van der Waals surface area contributed by atoms with Crippen molar-refractivity contribution >= 4 is 17.3 Å². The molecule has 1 aromatic carbocycles. The number of ketones is 1. The number of para-hydroxylation sites is 1. The molecule has 2 rings (SSSR count). The standard InChI is InChI=1S/C15H21N3O/c1-12-8-4-5-9-14(12)16-17-15(13(2)19)18-10-6-3-7-11-18/h4-5,8-9,16H,3,6-7,10-11H2,1-2H3. The van der Waals surface area contributed by atoms with Crippen molar-refractivity contribution in [3.05, 3.63) is 29.8 Å². The number of aryl methyl sites for hydroxylation is 1. The monoisotopic (exact) mass is 259 g/mol. The second kappa shape index (κ2) is 6.36. The minimum atomic E-state index is 0.0167. The van der Waals surface area contributed by atoms with Gasteiger partial charge in [0.25, 0.3) is 0 Å². The molecule has 0 radical (unpaired) electrons. The van der Waals surface area contributed by atoms with Gasteiger partial charge in [-0.25, -0.2) is 0 Å². The third-order valence-corrected chi connectivity index (χ3v) is 3.40. The number of anilines is 1. The fourth-order valence-corrected chi connectivity index (χ4v) is 2.29. The Morgan fingerprint density at radius 2 is 1.89 bits per heavy atom. The van der Waals surface area contributed by atoms with Gasteiger partial charge in [-0.3, -0.25) is 10.2 Å². The van der Waals surface area contributed by atoms with Crippen LogP contribution >= 0.6 is 0 Å². The SMILES string of the molecule is CC(=O)C(=NNc1ccccc1C)N1CCCCC1. The van der Waals surface area contributed by atoms with Crippen molar-refractivity contribution in [2.45, 2.75) is 33.1 Å². The van der Waals surface area contributed by atoms with Gasteiger partial charge in [0.05, 0.1) is 5.69 Å². The molecule has 1 aliphatic rings. The molecule has 4 nitrogen and oxygen atoms in total. The third-order valence-electron chi connectivity index (χ3n) is 3.40. The van der Waals surface area contributed by atoms with E-state index in [4.69, 9.17) is 0 Å². The van der Waals surface area contributed by atoms with Gasteiger partial charge in [-0.2, -0.15) is 5.10 Å². The van der Waals surface area contributed by atoms with Gasteiger partial charge in [0.15, 0.2) is 11.6 Å². The second-order valence-corrected chi connectivity index (χ2v) is 4.97. The first kappa shape index (κ1) is 13.6. The van der Waals surface area contributed by atoms with Crippen molar-refractivity contribution in [1.82, 2.24) is 4.90 Å². The van der Waals surface area contributed by atoms with Crippen LogP contribution in [-0.4, -0.2) is 29.6 Å². The Hall–Kier alpha value is -1.84. The van der Waals surface area contributed by atoms with Crippen LogP contribution in [0.15, 0.2) is 29.4 Å². The van der Waals surface area contributed by atoms with E-state index < -0.39 is 0 Å². The lowest BCUT2D eigenvalue weighted by Gasteiger charge is -2.28. The van der Waals surface area contributed by atoms with E-state index in [-0.39, 0.29) is 5.78 Å². The summed E-state index contributed by atoms with van der Waals surface area (Å²) in [5, 5.41) is 4.32. The fourth-order valence-electron chi connectivity index (χ4n) is 2.29. The molecule has 1 fully saturated rings. The Balaban J connectivity index is 2.12. The fraction of sp³-hybridized carbons (Fsp3) is 0.467. The number of hydrogen-bond donors (Lipinski definition) is 1. The van der Waals surface area contributed by atoms with E-state index in [1.807, 2.05) is 31.2 Å². The van der Waals surface area contributed by atoms with E-state index in [2.05, 4.69) is 15.4 Å². The molecule has 0 aliphatic carbocycles. The van der Waals surface area contributed by atoms with Gasteiger partial charge in [-0.15, -0.1) is 0 Å². The number of nitrogens with one attached hydrogen (secondary N) is 1. The molecule has 0 bridgehead atoms. The first-order chi connectivity index (χ1) is 9.18. The smallest absolute Gasteiger partial charge is 0.196 e. The maximum atomic E-state index is 11.7. The van der Waals surface area contributed by atoms with E-state index in [1.54, 1.807) is 6.92 Å². The number of carbonyl (C=O) groups is 1. The number of hydrazone groups is 1. The first-order valence-corrected chi connectivity index (χ1v) is 6.83. The predicted molar refractivity (Wildman–Crippen MR) is 78.3 cm³/mol. The molecule has 0 unspecified atom stereocenters. The zero-order valence-electron chi connectivity index (χ0n) is 11.6. The molecule has 1 N–H and O–H groups in total. The highest BCUT2D eigenvalue weighted by Gasteiger charge is 2.18. The van der Waals surface area contributed by atoms with Crippen LogP contribution in [0.4, 0.5) is 5.69 Å². The summed E-state index contributed by atoms with van der Waals surface area (Å²) in [5.41, 5.74) is 5.08. The topological polar surface area (TPSA) is 44.7 Å². The Labute approximate surface area is 114 Å². The van der Waals surface area contributed by atoms with Crippen molar-refractivity contribution < 1.29 is 4.79 Å². The molecule has 1 heterocycles. The van der Waals surface area contributed by atoms with Gasteiger partial charge in [-0.05, 0) is 37.8 Å². The number of amidine groups is 1. The summed E-state index contributed by atoms with van der Waals surface area (Å²) < 4.78 is 0. The van der Waals surface area contributed by atoms with Crippen molar-refractivity contribution in [2.75, 3.05) is 18.5 Å². The summed E-state index contributed by atoms with van der Waals surface area (Å²) in [4.78, 5) is 13.8. The van der Waals surface area contributed by atoms with Gasteiger partial charge in [0, 0.05) is 20.0 Å². The van der Waals surface area contributed by atoms with Crippen molar-refractivity contribution in [2.24, 2.45) is 5.10 Å². The summed E-state index contributed by atoms with van der Waals surface area (Å²) in [5.74, 6) is 0.561. The lowest BCUT2D eigenvalue weighted by Crippen LogP contribution is -2.39. The highest BCUT2D eigenvalue weighted by molar-refractivity contribution is 6.37. The first-order valence-electron chi connectivity index (χ1n) is 6.83. The van der Waals surface area contributed by atoms with Gasteiger partial charge in [0.2, 0.25) is 0 Å². The summed E-state index contributed by atoms with van der Waals surface area (Å²) in [6, 6.07) is 7.93. The Kier molecular flexibility index (Phi) is 4.55. The number of Topliss-reactive ketones (excluding diaryl/α,β-unsaturated/α-hetero) is 1.